The van der Waals surface area contributed by atoms with Crippen molar-refractivity contribution in [3.8, 4) is 0 Å². The molecule has 1 unspecified atom stereocenters. The second-order valence-corrected chi connectivity index (χ2v) is 5.53. The molecule has 0 bridgehead atoms. The Morgan fingerprint density at radius 2 is 2.43 bits per heavy atom. The minimum atomic E-state index is -0.429. The molecule has 1 aromatic heterocycles. The lowest BCUT2D eigenvalue weighted by molar-refractivity contribution is -0.131. The summed E-state index contributed by atoms with van der Waals surface area (Å²) in [7, 11) is 1.76. The highest BCUT2D eigenvalue weighted by atomic mass is 79.9. The second-order valence-electron chi connectivity index (χ2n) is 3.24. The third-order valence-electron chi connectivity index (χ3n) is 1.81. The molecule has 1 heterocycles. The molecule has 2 N–H and O–H groups in total. The summed E-state index contributed by atoms with van der Waals surface area (Å²) in [5.74, 6) is -0.0349. The summed E-state index contributed by atoms with van der Waals surface area (Å²) in [6, 6.07) is 1.58. The van der Waals surface area contributed by atoms with Gasteiger partial charge in [-0.15, -0.1) is 11.3 Å². The molecule has 0 saturated carbocycles. The minimum absolute atomic E-state index is 0.0349. The van der Waals surface area contributed by atoms with E-state index in [0.29, 0.717) is 6.54 Å². The molecule has 78 valence electrons. The zero-order valence-corrected chi connectivity index (χ0v) is 10.6. The predicted octanol–water partition coefficient (Wildman–Crippen LogP) is 1.82. The molecule has 1 amide bonds. The fourth-order valence-corrected chi connectivity index (χ4v) is 2.33. The van der Waals surface area contributed by atoms with Gasteiger partial charge in [0.05, 0.1) is 9.83 Å². The van der Waals surface area contributed by atoms with Crippen molar-refractivity contribution >= 4 is 33.2 Å². The Morgan fingerprint density at radius 3 is 2.86 bits per heavy atom. The molecule has 0 spiro atoms. The van der Waals surface area contributed by atoms with Gasteiger partial charge >= 0.3 is 0 Å². The van der Waals surface area contributed by atoms with Gasteiger partial charge in [-0.25, -0.2) is 0 Å². The predicted molar refractivity (Wildman–Crippen MR) is 62.1 cm³/mol. The van der Waals surface area contributed by atoms with Crippen LogP contribution in [0.25, 0.3) is 0 Å². The number of amides is 1. The topological polar surface area (TPSA) is 46.3 Å². The quantitative estimate of drug-likeness (QED) is 0.916. The van der Waals surface area contributed by atoms with Gasteiger partial charge in [0.2, 0.25) is 5.91 Å². The molecule has 0 radical (unpaired) electrons. The van der Waals surface area contributed by atoms with Crippen molar-refractivity contribution in [1.82, 2.24) is 4.90 Å². The minimum Gasteiger partial charge on any atom is -0.340 e. The van der Waals surface area contributed by atoms with Gasteiger partial charge in [0.25, 0.3) is 0 Å². The number of thiophene rings is 1. The van der Waals surface area contributed by atoms with Crippen LogP contribution in [0.15, 0.2) is 15.2 Å². The highest BCUT2D eigenvalue weighted by molar-refractivity contribution is 9.11. The molecular formula is C9H13BrN2OS. The van der Waals surface area contributed by atoms with Crippen LogP contribution in [0.3, 0.4) is 0 Å². The maximum atomic E-state index is 11.4. The SMILES string of the molecule is CC(N)C(=O)N(C)Cc1csc(Br)c1. The van der Waals surface area contributed by atoms with Gasteiger partial charge in [-0.05, 0) is 39.9 Å². The van der Waals surface area contributed by atoms with Crippen LogP contribution >= 0.6 is 27.3 Å². The zero-order valence-electron chi connectivity index (χ0n) is 8.16. The smallest absolute Gasteiger partial charge is 0.239 e. The van der Waals surface area contributed by atoms with E-state index in [1.807, 2.05) is 11.4 Å². The van der Waals surface area contributed by atoms with Crippen molar-refractivity contribution in [3.05, 3.63) is 20.8 Å². The standard InChI is InChI=1S/C9H13BrN2OS/c1-6(11)9(13)12(2)4-7-3-8(10)14-5-7/h3,5-6H,4,11H2,1-2H3. The summed E-state index contributed by atoms with van der Waals surface area (Å²) in [5.41, 5.74) is 6.62. The van der Waals surface area contributed by atoms with Crippen LogP contribution in [0, 0.1) is 0 Å². The van der Waals surface area contributed by atoms with E-state index in [0.717, 1.165) is 9.35 Å². The lowest BCUT2D eigenvalue weighted by Crippen LogP contribution is -2.39. The molecular weight excluding hydrogens is 264 g/mol. The van der Waals surface area contributed by atoms with Crippen molar-refractivity contribution in [2.75, 3.05) is 7.05 Å². The van der Waals surface area contributed by atoms with Gasteiger partial charge in [0.15, 0.2) is 0 Å². The van der Waals surface area contributed by atoms with Crippen LogP contribution in [0.2, 0.25) is 0 Å². The number of nitrogens with two attached hydrogens (primary N) is 1. The molecule has 1 atom stereocenters. The molecule has 14 heavy (non-hydrogen) atoms. The van der Waals surface area contributed by atoms with Crippen LogP contribution in [0.1, 0.15) is 12.5 Å². The average Bonchev–Trinajstić information content (AvgIpc) is 2.49. The first-order chi connectivity index (χ1) is 6.50. The summed E-state index contributed by atoms with van der Waals surface area (Å²) >= 11 is 4.99. The van der Waals surface area contributed by atoms with Crippen LogP contribution < -0.4 is 5.73 Å². The van der Waals surface area contributed by atoms with E-state index < -0.39 is 6.04 Å². The van der Waals surface area contributed by atoms with Crippen LogP contribution in [-0.2, 0) is 11.3 Å². The first kappa shape index (κ1) is 11.7. The van der Waals surface area contributed by atoms with Gasteiger partial charge in [-0.1, -0.05) is 0 Å². The largest absolute Gasteiger partial charge is 0.340 e. The average molecular weight is 277 g/mol. The highest BCUT2D eigenvalue weighted by Crippen LogP contribution is 2.21. The fraction of sp³-hybridized carbons (Fsp3) is 0.444. The monoisotopic (exact) mass is 276 g/mol. The molecule has 3 nitrogen and oxygen atoms in total. The molecule has 0 saturated heterocycles. The fourth-order valence-electron chi connectivity index (χ4n) is 1.13. The first-order valence-corrected chi connectivity index (χ1v) is 5.91. The van der Waals surface area contributed by atoms with E-state index >= 15 is 0 Å². The van der Waals surface area contributed by atoms with Crippen LogP contribution in [0.5, 0.6) is 0 Å². The Kier molecular flexibility index (Phi) is 4.10. The molecule has 0 aromatic carbocycles. The lowest BCUT2D eigenvalue weighted by Gasteiger charge is -2.18. The number of halogens is 1. The Morgan fingerprint density at radius 1 is 1.79 bits per heavy atom. The van der Waals surface area contributed by atoms with E-state index in [4.69, 9.17) is 5.73 Å². The van der Waals surface area contributed by atoms with Crippen LogP contribution in [-0.4, -0.2) is 23.9 Å². The Labute approximate surface area is 96.0 Å². The van der Waals surface area contributed by atoms with Gasteiger partial charge in [0, 0.05) is 13.6 Å². The maximum absolute atomic E-state index is 11.4. The van der Waals surface area contributed by atoms with Crippen molar-refractivity contribution in [1.29, 1.82) is 0 Å². The van der Waals surface area contributed by atoms with Crippen molar-refractivity contribution < 1.29 is 4.79 Å². The molecule has 1 rings (SSSR count). The van der Waals surface area contributed by atoms with E-state index in [1.54, 1.807) is 30.2 Å². The summed E-state index contributed by atoms with van der Waals surface area (Å²) < 4.78 is 1.08. The molecule has 1 aromatic rings. The number of nitrogens with zero attached hydrogens (tertiary/aromatic N) is 1. The second kappa shape index (κ2) is 4.91. The number of hydrogen-bond acceptors (Lipinski definition) is 3. The van der Waals surface area contributed by atoms with Gasteiger partial charge in [0.1, 0.15) is 0 Å². The Balaban J connectivity index is 2.57. The highest BCUT2D eigenvalue weighted by Gasteiger charge is 2.13. The molecule has 0 fully saturated rings. The Bertz CT molecular complexity index is 324. The number of likely N-dealkylation sites (N-methyl/N-ethyl adjacent to an activating group) is 1. The van der Waals surface area contributed by atoms with E-state index in [1.165, 1.54) is 0 Å². The summed E-state index contributed by atoms with van der Waals surface area (Å²) in [4.78, 5) is 13.1. The molecule has 0 aliphatic rings. The van der Waals surface area contributed by atoms with Gasteiger partial charge in [-0.3, -0.25) is 4.79 Å². The normalized spacial score (nSPS) is 12.6. The van der Waals surface area contributed by atoms with Gasteiger partial charge < -0.3 is 10.6 Å². The molecule has 0 aliphatic heterocycles. The van der Waals surface area contributed by atoms with E-state index in [2.05, 4.69) is 15.9 Å². The lowest BCUT2D eigenvalue weighted by atomic mass is 10.2. The third-order valence-corrected chi connectivity index (χ3v) is 3.36. The number of carbonyl (C=O) groups excluding carboxylic acids is 1. The first-order valence-electron chi connectivity index (χ1n) is 4.24. The summed E-state index contributed by atoms with van der Waals surface area (Å²) in [6.07, 6.45) is 0. The number of hydrogen-bond donors (Lipinski definition) is 1. The van der Waals surface area contributed by atoms with Crippen molar-refractivity contribution in [3.63, 3.8) is 0 Å². The number of carbonyl (C=O) groups is 1. The third kappa shape index (κ3) is 3.08. The molecule has 5 heteroatoms. The van der Waals surface area contributed by atoms with Crippen LogP contribution in [0.4, 0.5) is 0 Å². The van der Waals surface area contributed by atoms with Crippen molar-refractivity contribution in [2.45, 2.75) is 19.5 Å². The Hall–Kier alpha value is -0.390. The van der Waals surface area contributed by atoms with Gasteiger partial charge in [-0.2, -0.15) is 0 Å². The number of rotatable bonds is 3. The van der Waals surface area contributed by atoms with Crippen molar-refractivity contribution in [2.24, 2.45) is 5.73 Å². The molecule has 0 aliphatic carbocycles. The van der Waals surface area contributed by atoms with E-state index in [-0.39, 0.29) is 5.91 Å². The van der Waals surface area contributed by atoms with E-state index in [9.17, 15) is 4.79 Å². The summed E-state index contributed by atoms with van der Waals surface area (Å²) in [5, 5.41) is 2.02. The zero-order chi connectivity index (χ0) is 10.7. The maximum Gasteiger partial charge on any atom is 0.239 e. The summed E-state index contributed by atoms with van der Waals surface area (Å²) in [6.45, 7) is 2.31.